The van der Waals surface area contributed by atoms with E-state index in [2.05, 4.69) is 25.6 Å². The van der Waals surface area contributed by atoms with Gasteiger partial charge in [0.05, 0.1) is 32.1 Å². The summed E-state index contributed by atoms with van der Waals surface area (Å²) in [4.78, 5) is 25.6. The molecule has 0 aliphatic rings. The lowest BCUT2D eigenvalue weighted by atomic mass is 10.2. The number of aromatic nitrogens is 3. The molecule has 2 N–H and O–H groups in total. The fourth-order valence-electron chi connectivity index (χ4n) is 2.52. The van der Waals surface area contributed by atoms with Gasteiger partial charge in [0.1, 0.15) is 17.2 Å². The number of aryl methyl sites for hydroxylation is 1. The molecule has 3 aromatic rings. The lowest BCUT2D eigenvalue weighted by Gasteiger charge is -2.12. The molecule has 8 heteroatoms. The molecule has 1 aromatic carbocycles. The monoisotopic (exact) mass is 379 g/mol. The second-order valence-electron chi connectivity index (χ2n) is 5.91. The van der Waals surface area contributed by atoms with Crippen LogP contribution in [0.15, 0.2) is 48.7 Å². The second kappa shape index (κ2) is 8.81. The molecule has 0 radical (unpaired) electrons. The molecule has 1 amide bonds. The van der Waals surface area contributed by atoms with Crippen LogP contribution in [0, 0.1) is 6.92 Å². The van der Waals surface area contributed by atoms with E-state index in [1.807, 2.05) is 18.2 Å². The first-order valence-electron chi connectivity index (χ1n) is 8.62. The minimum atomic E-state index is -0.366. The van der Waals surface area contributed by atoms with E-state index >= 15 is 0 Å². The van der Waals surface area contributed by atoms with Crippen molar-refractivity contribution >= 4 is 17.5 Å². The number of hydrogen-bond acceptors (Lipinski definition) is 7. The van der Waals surface area contributed by atoms with Crippen molar-refractivity contribution in [2.24, 2.45) is 0 Å². The van der Waals surface area contributed by atoms with Crippen LogP contribution in [0.25, 0.3) is 0 Å². The number of nitrogens with zero attached hydrogens (tertiary/aromatic N) is 3. The quantitative estimate of drug-likeness (QED) is 0.651. The number of ether oxygens (including phenoxy) is 2. The molecule has 0 saturated heterocycles. The topological polar surface area (TPSA) is 98.3 Å². The first-order chi connectivity index (χ1) is 13.6. The van der Waals surface area contributed by atoms with Crippen molar-refractivity contribution in [1.29, 1.82) is 0 Å². The molecule has 0 bridgehead atoms. The normalized spacial score (nSPS) is 10.2. The number of amides is 1. The number of rotatable bonds is 7. The smallest absolute Gasteiger partial charge is 0.274 e. The van der Waals surface area contributed by atoms with Crippen LogP contribution in [0.1, 0.15) is 21.9 Å². The van der Waals surface area contributed by atoms with Gasteiger partial charge in [0.2, 0.25) is 5.95 Å². The van der Waals surface area contributed by atoms with Gasteiger partial charge in [-0.15, -0.1) is 0 Å². The molecule has 0 aliphatic carbocycles. The predicted molar refractivity (Wildman–Crippen MR) is 106 cm³/mol. The number of anilines is 2. The van der Waals surface area contributed by atoms with Gasteiger partial charge in [-0.2, -0.15) is 0 Å². The maximum absolute atomic E-state index is 12.7. The van der Waals surface area contributed by atoms with E-state index in [1.165, 1.54) is 7.11 Å². The molecule has 3 rings (SSSR count). The number of nitrogens with one attached hydrogen (secondary N) is 2. The number of pyridine rings is 1. The zero-order valence-corrected chi connectivity index (χ0v) is 15.9. The van der Waals surface area contributed by atoms with Crippen LogP contribution in [0.2, 0.25) is 0 Å². The van der Waals surface area contributed by atoms with Crippen LogP contribution in [-0.2, 0) is 6.54 Å². The Bertz CT molecular complexity index is 963. The summed E-state index contributed by atoms with van der Waals surface area (Å²) >= 11 is 0. The van der Waals surface area contributed by atoms with E-state index in [4.69, 9.17) is 9.47 Å². The average molecular weight is 379 g/mol. The standard InChI is InChI=1S/C20H21N5O3/c1-13-10-17(25-20(23-13)22-12-14-6-4-5-9-21-14)19(26)24-16-8-7-15(27-2)11-18(16)28-3/h4-11H,12H2,1-3H3,(H,24,26)(H,22,23,25). The molecule has 0 aliphatic heterocycles. The minimum absolute atomic E-state index is 0.244. The zero-order valence-electron chi connectivity index (χ0n) is 15.9. The van der Waals surface area contributed by atoms with Gasteiger partial charge in [-0.1, -0.05) is 6.07 Å². The fraction of sp³-hybridized carbons (Fsp3) is 0.200. The van der Waals surface area contributed by atoms with Gasteiger partial charge in [0.15, 0.2) is 0 Å². The van der Waals surface area contributed by atoms with Crippen molar-refractivity contribution < 1.29 is 14.3 Å². The number of hydrogen-bond donors (Lipinski definition) is 2. The van der Waals surface area contributed by atoms with E-state index in [0.29, 0.717) is 35.4 Å². The number of methoxy groups -OCH3 is 2. The Kier molecular flexibility index (Phi) is 6.01. The highest BCUT2D eigenvalue weighted by atomic mass is 16.5. The third-order valence-corrected chi connectivity index (χ3v) is 3.90. The highest BCUT2D eigenvalue weighted by Crippen LogP contribution is 2.29. The Balaban J connectivity index is 1.76. The molecule has 0 saturated carbocycles. The molecule has 0 unspecified atom stereocenters. The summed E-state index contributed by atoms with van der Waals surface area (Å²) in [5, 5.41) is 5.90. The van der Waals surface area contributed by atoms with E-state index in [-0.39, 0.29) is 11.6 Å². The summed E-state index contributed by atoms with van der Waals surface area (Å²) in [6.45, 7) is 2.26. The van der Waals surface area contributed by atoms with Crippen molar-refractivity contribution in [3.8, 4) is 11.5 Å². The third kappa shape index (κ3) is 4.73. The highest BCUT2D eigenvalue weighted by Gasteiger charge is 2.14. The van der Waals surface area contributed by atoms with E-state index in [9.17, 15) is 4.79 Å². The van der Waals surface area contributed by atoms with Gasteiger partial charge >= 0.3 is 0 Å². The van der Waals surface area contributed by atoms with Gasteiger partial charge < -0.3 is 20.1 Å². The van der Waals surface area contributed by atoms with E-state index in [1.54, 1.807) is 44.5 Å². The molecule has 0 fully saturated rings. The van der Waals surface area contributed by atoms with E-state index < -0.39 is 0 Å². The summed E-state index contributed by atoms with van der Waals surface area (Å²) in [7, 11) is 3.09. The number of carbonyl (C=O) groups is 1. The first-order valence-corrected chi connectivity index (χ1v) is 8.62. The molecular weight excluding hydrogens is 358 g/mol. The van der Waals surface area contributed by atoms with E-state index in [0.717, 1.165) is 5.69 Å². The first kappa shape index (κ1) is 19.1. The Morgan fingerprint density at radius 1 is 1.07 bits per heavy atom. The summed E-state index contributed by atoms with van der Waals surface area (Å²) in [5.74, 6) is 1.12. The van der Waals surface area contributed by atoms with Crippen molar-refractivity contribution in [3.05, 3.63) is 65.7 Å². The van der Waals surface area contributed by atoms with Crippen LogP contribution < -0.4 is 20.1 Å². The maximum atomic E-state index is 12.7. The summed E-state index contributed by atoms with van der Waals surface area (Å²) in [5.41, 5.74) is 2.29. The number of benzene rings is 1. The third-order valence-electron chi connectivity index (χ3n) is 3.90. The van der Waals surface area contributed by atoms with Crippen LogP contribution in [-0.4, -0.2) is 35.1 Å². The predicted octanol–water partition coefficient (Wildman–Crippen LogP) is 3.06. The fourth-order valence-corrected chi connectivity index (χ4v) is 2.52. The Morgan fingerprint density at radius 3 is 2.64 bits per heavy atom. The SMILES string of the molecule is COc1ccc(NC(=O)c2cc(C)nc(NCc3ccccn3)n2)c(OC)c1. The molecular formula is C20H21N5O3. The van der Waals surface area contributed by atoms with Crippen LogP contribution >= 0.6 is 0 Å². The average Bonchev–Trinajstić information content (AvgIpc) is 2.73. The molecule has 144 valence electrons. The lowest BCUT2D eigenvalue weighted by molar-refractivity contribution is 0.102. The Labute approximate surface area is 163 Å². The molecule has 0 spiro atoms. The second-order valence-corrected chi connectivity index (χ2v) is 5.91. The molecule has 0 atom stereocenters. The highest BCUT2D eigenvalue weighted by molar-refractivity contribution is 6.04. The maximum Gasteiger partial charge on any atom is 0.274 e. The van der Waals surface area contributed by atoms with Gasteiger partial charge in [-0.05, 0) is 37.3 Å². The van der Waals surface area contributed by atoms with Crippen LogP contribution in [0.5, 0.6) is 11.5 Å². The molecule has 8 nitrogen and oxygen atoms in total. The van der Waals surface area contributed by atoms with Gasteiger partial charge in [0.25, 0.3) is 5.91 Å². The Morgan fingerprint density at radius 2 is 1.93 bits per heavy atom. The number of carbonyl (C=O) groups excluding carboxylic acids is 1. The Hall–Kier alpha value is -3.68. The zero-order chi connectivity index (χ0) is 19.9. The van der Waals surface area contributed by atoms with Crippen molar-refractivity contribution in [3.63, 3.8) is 0 Å². The van der Waals surface area contributed by atoms with Crippen molar-refractivity contribution in [2.45, 2.75) is 13.5 Å². The van der Waals surface area contributed by atoms with Gasteiger partial charge in [0, 0.05) is 18.0 Å². The summed E-state index contributed by atoms with van der Waals surface area (Å²) in [6.07, 6.45) is 1.72. The van der Waals surface area contributed by atoms with Crippen molar-refractivity contribution in [2.75, 3.05) is 24.9 Å². The lowest BCUT2D eigenvalue weighted by Crippen LogP contribution is -2.16. The largest absolute Gasteiger partial charge is 0.497 e. The summed E-state index contributed by atoms with van der Waals surface area (Å²) in [6, 6.07) is 12.4. The minimum Gasteiger partial charge on any atom is -0.497 e. The molecule has 2 aromatic heterocycles. The molecule has 2 heterocycles. The van der Waals surface area contributed by atoms with Gasteiger partial charge in [-0.3, -0.25) is 9.78 Å². The van der Waals surface area contributed by atoms with Gasteiger partial charge in [-0.25, -0.2) is 9.97 Å². The van der Waals surface area contributed by atoms with Crippen LogP contribution in [0.4, 0.5) is 11.6 Å². The van der Waals surface area contributed by atoms with Crippen molar-refractivity contribution in [1.82, 2.24) is 15.0 Å². The summed E-state index contributed by atoms with van der Waals surface area (Å²) < 4.78 is 10.5. The van der Waals surface area contributed by atoms with Crippen LogP contribution in [0.3, 0.4) is 0 Å². The molecule has 28 heavy (non-hydrogen) atoms.